The molecule has 2 heterocycles. The lowest BCUT2D eigenvalue weighted by Crippen LogP contribution is -2.58. The van der Waals surface area contributed by atoms with Gasteiger partial charge >= 0.3 is 0 Å². The molecule has 150 valence electrons. The van der Waals surface area contributed by atoms with Gasteiger partial charge in [0.05, 0.1) is 6.61 Å². The Hall–Kier alpha value is -0.850. The Morgan fingerprint density at radius 1 is 1.15 bits per heavy atom. The van der Waals surface area contributed by atoms with E-state index < -0.39 is 0 Å². The number of guanidine groups is 1. The average molecular weight is 366 g/mol. The molecule has 26 heavy (non-hydrogen) atoms. The first-order valence-corrected chi connectivity index (χ1v) is 10.6. The normalized spacial score (nSPS) is 27.9. The van der Waals surface area contributed by atoms with Crippen molar-refractivity contribution in [1.29, 1.82) is 0 Å². The largest absolute Gasteiger partial charge is 0.381 e. The predicted molar refractivity (Wildman–Crippen MR) is 108 cm³/mol. The molecule has 1 N–H and O–H groups in total. The van der Waals surface area contributed by atoms with E-state index in [-0.39, 0.29) is 0 Å². The van der Waals surface area contributed by atoms with Gasteiger partial charge in [0.15, 0.2) is 5.96 Å². The Kier molecular flexibility index (Phi) is 7.18. The van der Waals surface area contributed by atoms with Gasteiger partial charge in [-0.2, -0.15) is 0 Å². The van der Waals surface area contributed by atoms with E-state index in [1.807, 2.05) is 7.05 Å². The van der Waals surface area contributed by atoms with Crippen molar-refractivity contribution in [3.63, 3.8) is 0 Å². The number of nitrogens with one attached hydrogen (secondary N) is 1. The lowest BCUT2D eigenvalue weighted by molar-refractivity contribution is 0.101. The predicted octanol–water partition coefficient (Wildman–Crippen LogP) is 1.48. The van der Waals surface area contributed by atoms with Crippen LogP contribution in [0.1, 0.15) is 38.5 Å². The molecule has 0 spiro atoms. The Balaban J connectivity index is 1.47. The van der Waals surface area contributed by atoms with Crippen molar-refractivity contribution >= 4 is 5.96 Å². The van der Waals surface area contributed by atoms with Crippen molar-refractivity contribution in [2.45, 2.75) is 44.1 Å². The van der Waals surface area contributed by atoms with Gasteiger partial charge in [-0.15, -0.1) is 0 Å². The number of hydrogen-bond donors (Lipinski definition) is 1. The zero-order valence-corrected chi connectivity index (χ0v) is 17.2. The van der Waals surface area contributed by atoms with Crippen molar-refractivity contribution in [3.8, 4) is 0 Å². The maximum absolute atomic E-state index is 5.52. The van der Waals surface area contributed by atoms with E-state index in [1.165, 1.54) is 45.1 Å². The van der Waals surface area contributed by atoms with E-state index in [4.69, 9.17) is 4.74 Å². The molecule has 2 saturated heterocycles. The monoisotopic (exact) mass is 365 g/mol. The SMILES string of the molecule is CN=C(NCC1(N(C)C)CCCCC1)N1CCN(CC2CCOC2)CC1. The summed E-state index contributed by atoms with van der Waals surface area (Å²) in [6, 6.07) is 0. The number of piperazine rings is 1. The van der Waals surface area contributed by atoms with Crippen LogP contribution in [0.2, 0.25) is 0 Å². The van der Waals surface area contributed by atoms with Crippen LogP contribution >= 0.6 is 0 Å². The molecule has 0 aromatic rings. The molecule has 0 amide bonds. The fourth-order valence-electron chi connectivity index (χ4n) is 4.80. The van der Waals surface area contributed by atoms with Crippen LogP contribution in [0.3, 0.4) is 0 Å². The van der Waals surface area contributed by atoms with Gasteiger partial charge in [-0.25, -0.2) is 0 Å². The summed E-state index contributed by atoms with van der Waals surface area (Å²) in [6.45, 7) is 8.53. The van der Waals surface area contributed by atoms with Crippen LogP contribution in [-0.2, 0) is 4.74 Å². The fourth-order valence-corrected chi connectivity index (χ4v) is 4.80. The highest BCUT2D eigenvalue weighted by Gasteiger charge is 2.34. The van der Waals surface area contributed by atoms with Gasteiger partial charge in [-0.3, -0.25) is 9.89 Å². The highest BCUT2D eigenvalue weighted by atomic mass is 16.5. The molecular weight excluding hydrogens is 326 g/mol. The van der Waals surface area contributed by atoms with E-state index in [1.54, 1.807) is 0 Å². The molecule has 0 bridgehead atoms. The molecule has 1 aliphatic carbocycles. The standard InChI is InChI=1S/C20H39N5O/c1-21-19(22-17-20(23(2)3)8-5-4-6-9-20)25-12-10-24(11-13-25)15-18-7-14-26-16-18/h18H,4-17H2,1-3H3,(H,21,22). The molecule has 1 atom stereocenters. The van der Waals surface area contributed by atoms with Gasteiger partial charge in [0.1, 0.15) is 0 Å². The first kappa shape index (κ1) is 19.9. The number of aliphatic imine (C=N–C) groups is 1. The second-order valence-corrected chi connectivity index (χ2v) is 8.60. The summed E-state index contributed by atoms with van der Waals surface area (Å²) in [5, 5.41) is 3.71. The van der Waals surface area contributed by atoms with E-state index in [9.17, 15) is 0 Å². The molecule has 3 rings (SSSR count). The molecule has 0 aromatic heterocycles. The molecule has 0 radical (unpaired) electrons. The third kappa shape index (κ3) is 4.90. The summed E-state index contributed by atoms with van der Waals surface area (Å²) < 4.78 is 5.52. The van der Waals surface area contributed by atoms with E-state index in [2.05, 4.69) is 39.1 Å². The Morgan fingerprint density at radius 2 is 1.88 bits per heavy atom. The highest BCUT2D eigenvalue weighted by molar-refractivity contribution is 5.80. The summed E-state index contributed by atoms with van der Waals surface area (Å²) in [5.74, 6) is 1.82. The summed E-state index contributed by atoms with van der Waals surface area (Å²) >= 11 is 0. The molecule has 3 aliphatic rings. The molecule has 6 nitrogen and oxygen atoms in total. The number of rotatable bonds is 5. The van der Waals surface area contributed by atoms with Gasteiger partial charge in [0.2, 0.25) is 0 Å². The highest BCUT2D eigenvalue weighted by Crippen LogP contribution is 2.31. The Labute approximate surface area is 159 Å². The summed E-state index contributed by atoms with van der Waals surface area (Å²) in [6.07, 6.45) is 7.90. The zero-order valence-electron chi connectivity index (χ0n) is 17.2. The van der Waals surface area contributed by atoms with Crippen molar-refractivity contribution in [2.24, 2.45) is 10.9 Å². The van der Waals surface area contributed by atoms with Crippen molar-refractivity contribution in [3.05, 3.63) is 0 Å². The first-order valence-electron chi connectivity index (χ1n) is 10.6. The first-order chi connectivity index (χ1) is 12.6. The second kappa shape index (κ2) is 9.38. The third-order valence-corrected chi connectivity index (χ3v) is 6.73. The van der Waals surface area contributed by atoms with Crippen molar-refractivity contribution in [2.75, 3.05) is 73.6 Å². The van der Waals surface area contributed by atoms with Crippen LogP contribution < -0.4 is 5.32 Å². The smallest absolute Gasteiger partial charge is 0.193 e. The average Bonchev–Trinajstić information content (AvgIpc) is 3.17. The van der Waals surface area contributed by atoms with E-state index >= 15 is 0 Å². The minimum atomic E-state index is 0.290. The van der Waals surface area contributed by atoms with Crippen LogP contribution in [0, 0.1) is 5.92 Å². The fraction of sp³-hybridized carbons (Fsp3) is 0.950. The summed E-state index contributed by atoms with van der Waals surface area (Å²) in [5.41, 5.74) is 0.290. The Bertz CT molecular complexity index is 447. The number of ether oxygens (including phenoxy) is 1. The van der Waals surface area contributed by atoms with Crippen LogP contribution in [0.25, 0.3) is 0 Å². The third-order valence-electron chi connectivity index (χ3n) is 6.73. The summed E-state index contributed by atoms with van der Waals surface area (Å²) in [7, 11) is 6.40. The zero-order chi connectivity index (χ0) is 18.4. The molecule has 6 heteroatoms. The molecule has 2 aliphatic heterocycles. The van der Waals surface area contributed by atoms with Crippen molar-refractivity contribution in [1.82, 2.24) is 20.0 Å². The molecule has 1 unspecified atom stereocenters. The minimum absolute atomic E-state index is 0.290. The number of hydrogen-bond acceptors (Lipinski definition) is 4. The van der Waals surface area contributed by atoms with Crippen LogP contribution in [0.15, 0.2) is 4.99 Å². The topological polar surface area (TPSA) is 43.3 Å². The molecule has 3 fully saturated rings. The molecule has 1 saturated carbocycles. The van der Waals surface area contributed by atoms with E-state index in [0.29, 0.717) is 5.54 Å². The maximum atomic E-state index is 5.52. The number of likely N-dealkylation sites (N-methyl/N-ethyl adjacent to an activating group) is 1. The lowest BCUT2D eigenvalue weighted by Gasteiger charge is -2.44. The maximum Gasteiger partial charge on any atom is 0.193 e. The van der Waals surface area contributed by atoms with Gasteiger partial charge in [0, 0.05) is 58.5 Å². The van der Waals surface area contributed by atoms with Gasteiger partial charge in [-0.05, 0) is 39.3 Å². The Morgan fingerprint density at radius 3 is 2.46 bits per heavy atom. The van der Waals surface area contributed by atoms with Crippen LogP contribution in [0.4, 0.5) is 0 Å². The lowest BCUT2D eigenvalue weighted by atomic mass is 9.80. The number of nitrogens with zero attached hydrogens (tertiary/aromatic N) is 4. The van der Waals surface area contributed by atoms with Crippen LogP contribution in [-0.4, -0.2) is 99.8 Å². The summed E-state index contributed by atoms with van der Waals surface area (Å²) in [4.78, 5) is 12.1. The van der Waals surface area contributed by atoms with E-state index in [0.717, 1.165) is 57.8 Å². The van der Waals surface area contributed by atoms with Gasteiger partial charge < -0.3 is 19.9 Å². The quantitative estimate of drug-likeness (QED) is 0.591. The minimum Gasteiger partial charge on any atom is -0.381 e. The van der Waals surface area contributed by atoms with Gasteiger partial charge in [-0.1, -0.05) is 19.3 Å². The molecular formula is C20H39N5O. The molecule has 0 aromatic carbocycles. The van der Waals surface area contributed by atoms with Gasteiger partial charge in [0.25, 0.3) is 0 Å². The van der Waals surface area contributed by atoms with Crippen LogP contribution in [0.5, 0.6) is 0 Å². The second-order valence-electron chi connectivity index (χ2n) is 8.60. The van der Waals surface area contributed by atoms with Crippen molar-refractivity contribution < 1.29 is 4.74 Å².